The molecule has 0 aromatic heterocycles. The molecule has 1 saturated carbocycles. The van der Waals surface area contributed by atoms with Gasteiger partial charge in [0.2, 0.25) is 5.91 Å². The van der Waals surface area contributed by atoms with Crippen molar-refractivity contribution in [3.8, 4) is 0 Å². The third-order valence-electron chi connectivity index (χ3n) is 3.64. The first-order valence-electron chi connectivity index (χ1n) is 6.73. The predicted octanol–water partition coefficient (Wildman–Crippen LogP) is 3.50. The Hall–Kier alpha value is -2.09. The Morgan fingerprint density at radius 2 is 1.63 bits per heavy atom. The molecule has 2 nitrogen and oxygen atoms in total. The first kappa shape index (κ1) is 12.0. The molecule has 2 atom stereocenters. The van der Waals surface area contributed by atoms with Gasteiger partial charge < -0.3 is 5.32 Å². The van der Waals surface area contributed by atoms with Crippen LogP contribution in [0.3, 0.4) is 0 Å². The molecular formula is C17H17NO. The maximum absolute atomic E-state index is 12.1. The summed E-state index contributed by atoms with van der Waals surface area (Å²) in [6.07, 6.45) is 2.02. The first-order chi connectivity index (χ1) is 9.33. The highest BCUT2D eigenvalue weighted by atomic mass is 16.2. The van der Waals surface area contributed by atoms with E-state index >= 15 is 0 Å². The highest BCUT2D eigenvalue weighted by Gasteiger charge is 2.42. The van der Waals surface area contributed by atoms with E-state index in [0.29, 0.717) is 5.92 Å². The average Bonchev–Trinajstić information content (AvgIpc) is 3.20. The fourth-order valence-electron chi connectivity index (χ4n) is 2.47. The van der Waals surface area contributed by atoms with Gasteiger partial charge in [0.1, 0.15) is 0 Å². The van der Waals surface area contributed by atoms with Gasteiger partial charge in [-0.15, -0.1) is 0 Å². The van der Waals surface area contributed by atoms with Gasteiger partial charge >= 0.3 is 0 Å². The maximum Gasteiger partial charge on any atom is 0.227 e. The molecule has 2 aromatic carbocycles. The maximum atomic E-state index is 12.1. The second kappa shape index (κ2) is 5.27. The van der Waals surface area contributed by atoms with Crippen molar-refractivity contribution in [3.63, 3.8) is 0 Å². The molecule has 19 heavy (non-hydrogen) atoms. The third-order valence-corrected chi connectivity index (χ3v) is 3.64. The zero-order chi connectivity index (χ0) is 13.1. The Bertz CT molecular complexity index is 550. The molecule has 0 heterocycles. The van der Waals surface area contributed by atoms with E-state index in [-0.39, 0.29) is 11.8 Å². The molecule has 1 fully saturated rings. The monoisotopic (exact) mass is 251 g/mol. The number of anilines is 1. The molecule has 0 radical (unpaired) electrons. The van der Waals surface area contributed by atoms with Crippen molar-refractivity contribution >= 4 is 11.6 Å². The van der Waals surface area contributed by atoms with Crippen molar-refractivity contribution in [2.24, 2.45) is 11.8 Å². The summed E-state index contributed by atoms with van der Waals surface area (Å²) in [5.74, 6) is 0.846. The molecule has 0 aliphatic heterocycles. The van der Waals surface area contributed by atoms with Gasteiger partial charge in [-0.25, -0.2) is 0 Å². The van der Waals surface area contributed by atoms with Crippen LogP contribution in [0.25, 0.3) is 0 Å². The quantitative estimate of drug-likeness (QED) is 0.885. The van der Waals surface area contributed by atoms with Gasteiger partial charge in [-0.3, -0.25) is 4.79 Å². The second-order valence-corrected chi connectivity index (χ2v) is 5.15. The summed E-state index contributed by atoms with van der Waals surface area (Å²) in [5, 5.41) is 2.98. The van der Waals surface area contributed by atoms with Crippen LogP contribution >= 0.6 is 0 Å². The van der Waals surface area contributed by atoms with E-state index in [1.807, 2.05) is 36.4 Å². The number of hydrogen-bond acceptors (Lipinski definition) is 1. The molecule has 3 rings (SSSR count). The number of amides is 1. The van der Waals surface area contributed by atoms with Crippen molar-refractivity contribution in [1.82, 2.24) is 0 Å². The lowest BCUT2D eigenvalue weighted by Gasteiger charge is -2.04. The first-order valence-corrected chi connectivity index (χ1v) is 6.73. The fourth-order valence-corrected chi connectivity index (χ4v) is 2.47. The lowest BCUT2D eigenvalue weighted by Crippen LogP contribution is -2.15. The van der Waals surface area contributed by atoms with Gasteiger partial charge in [0.15, 0.2) is 0 Å². The second-order valence-electron chi connectivity index (χ2n) is 5.15. The smallest absolute Gasteiger partial charge is 0.227 e. The summed E-state index contributed by atoms with van der Waals surface area (Å²) in [4.78, 5) is 12.1. The molecule has 0 saturated heterocycles. The van der Waals surface area contributed by atoms with E-state index in [4.69, 9.17) is 0 Å². The average molecular weight is 251 g/mol. The topological polar surface area (TPSA) is 29.1 Å². The van der Waals surface area contributed by atoms with Crippen LogP contribution in [0.2, 0.25) is 0 Å². The summed E-state index contributed by atoms with van der Waals surface area (Å²) in [7, 11) is 0. The number of rotatable bonds is 4. The van der Waals surface area contributed by atoms with Gasteiger partial charge in [-0.05, 0) is 36.5 Å². The minimum atomic E-state index is 0.159. The van der Waals surface area contributed by atoms with Gasteiger partial charge in [0.25, 0.3) is 0 Å². The van der Waals surface area contributed by atoms with Gasteiger partial charge in [0.05, 0.1) is 0 Å². The van der Waals surface area contributed by atoms with E-state index in [0.717, 1.165) is 18.5 Å². The molecule has 1 aliphatic rings. The summed E-state index contributed by atoms with van der Waals surface area (Å²) < 4.78 is 0. The zero-order valence-corrected chi connectivity index (χ0v) is 10.8. The minimum absolute atomic E-state index is 0.159. The summed E-state index contributed by atoms with van der Waals surface area (Å²) in [6, 6.07) is 20.1. The van der Waals surface area contributed by atoms with Crippen LogP contribution in [0.15, 0.2) is 60.7 Å². The molecule has 1 amide bonds. The van der Waals surface area contributed by atoms with Gasteiger partial charge in [-0.2, -0.15) is 0 Å². The van der Waals surface area contributed by atoms with E-state index < -0.39 is 0 Å². The lowest BCUT2D eigenvalue weighted by molar-refractivity contribution is -0.117. The van der Waals surface area contributed by atoms with E-state index in [1.54, 1.807) is 0 Å². The van der Waals surface area contributed by atoms with Crippen LogP contribution in [0.5, 0.6) is 0 Å². The summed E-state index contributed by atoms with van der Waals surface area (Å²) in [6.45, 7) is 0. The van der Waals surface area contributed by atoms with Crippen LogP contribution < -0.4 is 5.32 Å². The van der Waals surface area contributed by atoms with E-state index in [2.05, 4.69) is 29.6 Å². The number of carbonyl (C=O) groups excluding carboxylic acids is 1. The van der Waals surface area contributed by atoms with Crippen LogP contribution in [0.1, 0.15) is 12.0 Å². The van der Waals surface area contributed by atoms with Crippen LogP contribution in [0.4, 0.5) is 5.69 Å². The summed E-state index contributed by atoms with van der Waals surface area (Å²) in [5.41, 5.74) is 2.21. The Labute approximate surface area is 113 Å². The SMILES string of the molecule is O=C(Nc1ccccc1)[C@H]1C[C@@H]1Cc1ccccc1. The predicted molar refractivity (Wildman–Crippen MR) is 76.8 cm³/mol. The molecule has 0 spiro atoms. The minimum Gasteiger partial charge on any atom is -0.326 e. The largest absolute Gasteiger partial charge is 0.326 e. The third kappa shape index (κ3) is 3.02. The van der Waals surface area contributed by atoms with Crippen molar-refractivity contribution in [2.75, 3.05) is 5.32 Å². The number of hydrogen-bond donors (Lipinski definition) is 1. The number of benzene rings is 2. The molecule has 0 bridgehead atoms. The zero-order valence-electron chi connectivity index (χ0n) is 10.8. The Morgan fingerprint density at radius 3 is 2.32 bits per heavy atom. The van der Waals surface area contributed by atoms with Crippen LogP contribution in [0, 0.1) is 11.8 Å². The molecule has 96 valence electrons. The van der Waals surface area contributed by atoms with Crippen LogP contribution in [-0.2, 0) is 11.2 Å². The van der Waals surface area contributed by atoms with Crippen molar-refractivity contribution in [3.05, 3.63) is 66.2 Å². The number of para-hydroxylation sites is 1. The van der Waals surface area contributed by atoms with Crippen LogP contribution in [-0.4, -0.2) is 5.91 Å². The fraction of sp³-hybridized carbons (Fsp3) is 0.235. The standard InChI is InChI=1S/C17H17NO/c19-17(18-15-9-5-2-6-10-15)16-12-14(16)11-13-7-3-1-4-8-13/h1-10,14,16H,11-12H2,(H,18,19)/t14-,16-/m0/s1. The van der Waals surface area contributed by atoms with Gasteiger partial charge in [-0.1, -0.05) is 48.5 Å². The molecule has 1 N–H and O–H groups in total. The highest BCUT2D eigenvalue weighted by molar-refractivity contribution is 5.94. The Morgan fingerprint density at radius 1 is 1.00 bits per heavy atom. The molecule has 2 heteroatoms. The van der Waals surface area contributed by atoms with Gasteiger partial charge in [0, 0.05) is 11.6 Å². The highest BCUT2D eigenvalue weighted by Crippen LogP contribution is 2.41. The summed E-state index contributed by atoms with van der Waals surface area (Å²) >= 11 is 0. The number of carbonyl (C=O) groups is 1. The lowest BCUT2D eigenvalue weighted by atomic mass is 10.1. The molecule has 2 aromatic rings. The Balaban J connectivity index is 1.54. The van der Waals surface area contributed by atoms with Crippen molar-refractivity contribution < 1.29 is 4.79 Å². The molecular weight excluding hydrogens is 234 g/mol. The Kier molecular flexibility index (Phi) is 3.32. The van der Waals surface area contributed by atoms with Crippen molar-refractivity contribution in [2.45, 2.75) is 12.8 Å². The number of nitrogens with one attached hydrogen (secondary N) is 1. The normalized spacial score (nSPS) is 20.8. The molecule has 0 unspecified atom stereocenters. The van der Waals surface area contributed by atoms with E-state index in [1.165, 1.54) is 5.56 Å². The van der Waals surface area contributed by atoms with Crippen molar-refractivity contribution in [1.29, 1.82) is 0 Å². The molecule has 1 aliphatic carbocycles. The van der Waals surface area contributed by atoms with E-state index in [9.17, 15) is 4.79 Å².